The van der Waals surface area contributed by atoms with Gasteiger partial charge < -0.3 is 5.32 Å². The molecule has 2 aliphatic rings. The maximum atomic E-state index is 12.2. The first-order chi connectivity index (χ1) is 9.25. The lowest BCUT2D eigenvalue weighted by molar-refractivity contribution is -0.122. The van der Waals surface area contributed by atoms with E-state index in [1.165, 1.54) is 57.8 Å². The number of hydrogen-bond donors (Lipinski definition) is 1. The molecule has 110 valence electrons. The van der Waals surface area contributed by atoms with E-state index in [1.807, 2.05) is 0 Å². The Morgan fingerprint density at radius 3 is 2.21 bits per heavy atom. The van der Waals surface area contributed by atoms with Crippen molar-refractivity contribution in [2.24, 2.45) is 5.92 Å². The second kappa shape index (κ2) is 8.14. The molecule has 1 N–H and O–H groups in total. The largest absolute Gasteiger partial charge is 0.352 e. The maximum absolute atomic E-state index is 12.2. The van der Waals surface area contributed by atoms with Crippen LogP contribution in [0.4, 0.5) is 0 Å². The first kappa shape index (κ1) is 15.2. The molecule has 2 atom stereocenters. The predicted molar refractivity (Wildman–Crippen MR) is 80.5 cm³/mol. The predicted octanol–water partition coefficient (Wildman–Crippen LogP) is 4.40. The molecule has 0 aromatic carbocycles. The van der Waals surface area contributed by atoms with Crippen molar-refractivity contribution in [3.8, 4) is 0 Å². The van der Waals surface area contributed by atoms with Crippen LogP contribution in [0.25, 0.3) is 0 Å². The Kier molecular flexibility index (Phi) is 6.49. The summed E-state index contributed by atoms with van der Waals surface area (Å²) in [5, 5.41) is 3.34. The Morgan fingerprint density at radius 2 is 1.47 bits per heavy atom. The monoisotopic (exact) mass is 285 g/mol. The van der Waals surface area contributed by atoms with Crippen LogP contribution in [-0.4, -0.2) is 17.3 Å². The summed E-state index contributed by atoms with van der Waals surface area (Å²) in [5.74, 6) is 0.853. The van der Waals surface area contributed by atoms with Crippen LogP contribution in [0.2, 0.25) is 0 Å². The van der Waals surface area contributed by atoms with Crippen molar-refractivity contribution in [1.29, 1.82) is 0 Å². The number of carbonyl (C=O) groups is 1. The highest BCUT2D eigenvalue weighted by Crippen LogP contribution is 2.26. The topological polar surface area (TPSA) is 29.1 Å². The minimum Gasteiger partial charge on any atom is -0.352 e. The Hall–Kier alpha value is -0.240. The molecule has 0 aliphatic heterocycles. The van der Waals surface area contributed by atoms with E-state index < -0.39 is 0 Å². The van der Waals surface area contributed by atoms with Gasteiger partial charge in [-0.1, -0.05) is 44.9 Å². The minimum absolute atomic E-state index is 0.139. The molecule has 0 aromatic heterocycles. The highest BCUT2D eigenvalue weighted by atomic mass is 35.5. The molecule has 2 fully saturated rings. The average molecular weight is 286 g/mol. The molecular weight excluding hydrogens is 258 g/mol. The van der Waals surface area contributed by atoms with Gasteiger partial charge in [0, 0.05) is 12.5 Å². The molecule has 0 saturated heterocycles. The van der Waals surface area contributed by atoms with Crippen molar-refractivity contribution in [3.05, 3.63) is 0 Å². The summed E-state index contributed by atoms with van der Waals surface area (Å²) in [7, 11) is 0. The lowest BCUT2D eigenvalue weighted by Gasteiger charge is -2.22. The Bertz CT molecular complexity index is 274. The summed E-state index contributed by atoms with van der Waals surface area (Å²) in [5.41, 5.74) is 0. The number of rotatable bonds is 3. The molecular formula is C16H28ClNO. The number of amides is 1. The number of halogens is 1. The standard InChI is InChI=1S/C16H28ClNO/c17-14-10-6-3-7-11-15(14)18-16(19)12-13-8-4-1-2-5-9-13/h13-15H,1-12H2,(H,18,19). The van der Waals surface area contributed by atoms with E-state index in [9.17, 15) is 4.79 Å². The first-order valence-corrected chi connectivity index (χ1v) is 8.63. The molecule has 19 heavy (non-hydrogen) atoms. The van der Waals surface area contributed by atoms with Crippen molar-refractivity contribution in [2.75, 3.05) is 0 Å². The van der Waals surface area contributed by atoms with Gasteiger partial charge >= 0.3 is 0 Å². The van der Waals surface area contributed by atoms with Crippen molar-refractivity contribution in [2.45, 2.75) is 88.5 Å². The summed E-state index contributed by atoms with van der Waals surface area (Å²) < 4.78 is 0. The Morgan fingerprint density at radius 1 is 0.895 bits per heavy atom. The second-order valence-corrected chi connectivity index (χ2v) is 6.95. The summed E-state index contributed by atoms with van der Waals surface area (Å²) in [6.07, 6.45) is 14.3. The van der Waals surface area contributed by atoms with E-state index in [0.29, 0.717) is 5.92 Å². The zero-order valence-corrected chi connectivity index (χ0v) is 12.8. The van der Waals surface area contributed by atoms with Crippen LogP contribution in [0.5, 0.6) is 0 Å². The molecule has 0 bridgehead atoms. The number of carbonyl (C=O) groups excluding carboxylic acids is 1. The third-order valence-electron chi connectivity index (χ3n) is 4.73. The van der Waals surface area contributed by atoms with Gasteiger partial charge in [0.15, 0.2) is 0 Å². The molecule has 0 spiro atoms. The van der Waals surface area contributed by atoms with Gasteiger partial charge in [0.25, 0.3) is 0 Å². The van der Waals surface area contributed by atoms with Gasteiger partial charge in [0.2, 0.25) is 5.91 Å². The van der Waals surface area contributed by atoms with Gasteiger partial charge in [0.1, 0.15) is 0 Å². The fourth-order valence-corrected chi connectivity index (χ4v) is 3.86. The quantitative estimate of drug-likeness (QED) is 0.604. The zero-order chi connectivity index (χ0) is 13.5. The molecule has 2 aliphatic carbocycles. The number of hydrogen-bond acceptors (Lipinski definition) is 1. The number of nitrogens with one attached hydrogen (secondary N) is 1. The van der Waals surface area contributed by atoms with E-state index in [2.05, 4.69) is 5.32 Å². The van der Waals surface area contributed by atoms with Crippen molar-refractivity contribution in [3.63, 3.8) is 0 Å². The van der Waals surface area contributed by atoms with Crippen LogP contribution in [0.1, 0.15) is 77.0 Å². The summed E-state index contributed by atoms with van der Waals surface area (Å²) in [6, 6.07) is 0.211. The van der Waals surface area contributed by atoms with E-state index in [-0.39, 0.29) is 17.3 Å². The van der Waals surface area contributed by atoms with Gasteiger partial charge in [-0.3, -0.25) is 4.79 Å². The molecule has 0 aromatic rings. The highest BCUT2D eigenvalue weighted by Gasteiger charge is 2.24. The minimum atomic E-state index is 0.139. The molecule has 2 unspecified atom stereocenters. The fourth-order valence-electron chi connectivity index (χ4n) is 3.52. The summed E-state index contributed by atoms with van der Waals surface area (Å²) in [6.45, 7) is 0. The van der Waals surface area contributed by atoms with E-state index >= 15 is 0 Å². The van der Waals surface area contributed by atoms with Crippen LogP contribution in [0, 0.1) is 5.92 Å². The van der Waals surface area contributed by atoms with Gasteiger partial charge in [0.05, 0.1) is 5.38 Å². The van der Waals surface area contributed by atoms with Gasteiger partial charge in [-0.15, -0.1) is 11.6 Å². The smallest absolute Gasteiger partial charge is 0.220 e. The molecule has 0 radical (unpaired) electrons. The Balaban J connectivity index is 1.75. The molecule has 0 heterocycles. The third kappa shape index (κ3) is 5.33. The lowest BCUT2D eigenvalue weighted by atomic mass is 9.96. The SMILES string of the molecule is O=C(CC1CCCCCC1)NC1CCCCCC1Cl. The summed E-state index contributed by atoms with van der Waals surface area (Å²) >= 11 is 6.39. The van der Waals surface area contributed by atoms with Crippen LogP contribution in [0.3, 0.4) is 0 Å². The maximum Gasteiger partial charge on any atom is 0.220 e. The fraction of sp³-hybridized carbons (Fsp3) is 0.938. The van der Waals surface area contributed by atoms with E-state index in [0.717, 1.165) is 19.3 Å². The van der Waals surface area contributed by atoms with Gasteiger partial charge in [-0.25, -0.2) is 0 Å². The lowest BCUT2D eigenvalue weighted by Crippen LogP contribution is -2.41. The normalized spacial score (nSPS) is 30.4. The van der Waals surface area contributed by atoms with Crippen molar-refractivity contribution < 1.29 is 4.79 Å². The van der Waals surface area contributed by atoms with Crippen LogP contribution in [-0.2, 0) is 4.79 Å². The third-order valence-corrected chi connectivity index (χ3v) is 5.25. The Labute approximate surface area is 122 Å². The van der Waals surface area contributed by atoms with Crippen molar-refractivity contribution in [1.82, 2.24) is 5.32 Å². The van der Waals surface area contributed by atoms with Gasteiger partial charge in [-0.2, -0.15) is 0 Å². The van der Waals surface area contributed by atoms with Crippen LogP contribution < -0.4 is 5.32 Å². The average Bonchev–Trinajstić information content (AvgIpc) is 2.74. The number of alkyl halides is 1. The van der Waals surface area contributed by atoms with E-state index in [4.69, 9.17) is 11.6 Å². The van der Waals surface area contributed by atoms with Crippen LogP contribution >= 0.6 is 11.6 Å². The molecule has 2 rings (SSSR count). The molecule has 3 heteroatoms. The first-order valence-electron chi connectivity index (χ1n) is 8.19. The van der Waals surface area contributed by atoms with Gasteiger partial charge in [-0.05, 0) is 31.6 Å². The van der Waals surface area contributed by atoms with E-state index in [1.54, 1.807) is 0 Å². The van der Waals surface area contributed by atoms with Crippen molar-refractivity contribution >= 4 is 17.5 Å². The summed E-state index contributed by atoms with van der Waals surface area (Å²) in [4.78, 5) is 12.2. The highest BCUT2D eigenvalue weighted by molar-refractivity contribution is 6.21. The molecule has 2 nitrogen and oxygen atoms in total. The molecule has 1 amide bonds. The van der Waals surface area contributed by atoms with Crippen LogP contribution in [0.15, 0.2) is 0 Å². The molecule has 2 saturated carbocycles. The zero-order valence-electron chi connectivity index (χ0n) is 12.0. The second-order valence-electron chi connectivity index (χ2n) is 6.39.